The predicted molar refractivity (Wildman–Crippen MR) is 127 cm³/mol. The Kier molecular flexibility index (Phi) is 7.08. The molecule has 1 atom stereocenters. The average molecular weight is 450 g/mol. The van der Waals surface area contributed by atoms with Gasteiger partial charge in [0.15, 0.2) is 0 Å². The first-order chi connectivity index (χ1) is 16.0. The Labute approximate surface area is 194 Å². The van der Waals surface area contributed by atoms with Crippen LogP contribution in [-0.2, 0) is 0 Å². The first-order valence-corrected chi connectivity index (χ1v) is 11.7. The maximum atomic E-state index is 13.0. The maximum Gasteiger partial charge on any atom is 0.266 e. The van der Waals surface area contributed by atoms with Crippen LogP contribution in [0.5, 0.6) is 5.75 Å². The van der Waals surface area contributed by atoms with E-state index in [1.807, 2.05) is 6.92 Å². The van der Waals surface area contributed by atoms with E-state index < -0.39 is 5.91 Å². The third-order valence-electron chi connectivity index (χ3n) is 6.18. The topological polar surface area (TPSA) is 79.0 Å². The zero-order chi connectivity index (χ0) is 23.4. The van der Waals surface area contributed by atoms with Crippen LogP contribution in [0.15, 0.2) is 42.5 Å². The molecule has 33 heavy (non-hydrogen) atoms. The third-order valence-corrected chi connectivity index (χ3v) is 6.18. The second-order valence-corrected chi connectivity index (χ2v) is 8.81. The molecule has 0 aromatic heterocycles. The zero-order valence-corrected chi connectivity index (χ0v) is 19.3. The summed E-state index contributed by atoms with van der Waals surface area (Å²) in [6.07, 6.45) is 3.79. The zero-order valence-electron chi connectivity index (χ0n) is 19.3. The molecule has 2 heterocycles. The van der Waals surface area contributed by atoms with Gasteiger partial charge in [-0.15, -0.1) is 0 Å². The fourth-order valence-electron chi connectivity index (χ4n) is 4.49. The van der Waals surface area contributed by atoms with E-state index in [0.29, 0.717) is 41.6 Å². The lowest BCUT2D eigenvalue weighted by atomic mass is 10.0. The van der Waals surface area contributed by atoms with Gasteiger partial charge in [0.1, 0.15) is 5.75 Å². The van der Waals surface area contributed by atoms with Crippen molar-refractivity contribution >= 4 is 23.4 Å². The van der Waals surface area contributed by atoms with Crippen LogP contribution in [0.4, 0.5) is 5.69 Å². The van der Waals surface area contributed by atoms with Crippen molar-refractivity contribution in [2.75, 3.05) is 37.7 Å². The summed E-state index contributed by atoms with van der Waals surface area (Å²) in [5, 5.41) is 2.98. The molecule has 2 aromatic rings. The molecule has 174 valence electrons. The van der Waals surface area contributed by atoms with Gasteiger partial charge in [-0.25, -0.2) is 4.90 Å². The number of likely N-dealkylation sites (tertiary alicyclic amines) is 1. The summed E-state index contributed by atoms with van der Waals surface area (Å²) in [5.41, 5.74) is 1.42. The van der Waals surface area contributed by atoms with Crippen LogP contribution < -0.4 is 15.0 Å². The summed E-state index contributed by atoms with van der Waals surface area (Å²) in [6, 6.07) is 11.5. The first-order valence-electron chi connectivity index (χ1n) is 11.7. The van der Waals surface area contributed by atoms with Crippen molar-refractivity contribution in [3.8, 4) is 5.75 Å². The summed E-state index contributed by atoms with van der Waals surface area (Å²) >= 11 is 0. The third kappa shape index (κ3) is 5.09. The normalized spacial score (nSPS) is 17.1. The Bertz CT molecular complexity index is 1030. The molecule has 2 aliphatic rings. The van der Waals surface area contributed by atoms with Crippen LogP contribution in [0.25, 0.3) is 0 Å². The molecule has 3 amide bonds. The molecular weight excluding hydrogens is 418 g/mol. The molecule has 0 saturated carbocycles. The molecule has 1 N–H and O–H groups in total. The van der Waals surface area contributed by atoms with Crippen LogP contribution in [-0.4, -0.2) is 55.4 Å². The molecule has 2 aliphatic heterocycles. The molecular formula is C26H31N3O4. The van der Waals surface area contributed by atoms with E-state index >= 15 is 0 Å². The minimum Gasteiger partial charge on any atom is -0.494 e. The molecule has 0 spiro atoms. The second kappa shape index (κ2) is 10.2. The number of hydrogen-bond acceptors (Lipinski definition) is 5. The van der Waals surface area contributed by atoms with E-state index in [2.05, 4.69) is 17.1 Å². The van der Waals surface area contributed by atoms with Crippen molar-refractivity contribution < 1.29 is 19.1 Å². The number of benzene rings is 2. The van der Waals surface area contributed by atoms with Gasteiger partial charge in [0.25, 0.3) is 17.7 Å². The number of imide groups is 1. The van der Waals surface area contributed by atoms with E-state index in [1.54, 1.807) is 36.4 Å². The van der Waals surface area contributed by atoms with E-state index in [1.165, 1.54) is 25.3 Å². The number of rotatable bonds is 8. The van der Waals surface area contributed by atoms with Gasteiger partial charge in [0.2, 0.25) is 0 Å². The smallest absolute Gasteiger partial charge is 0.266 e. The highest BCUT2D eigenvalue weighted by atomic mass is 16.5. The quantitative estimate of drug-likeness (QED) is 0.621. The number of nitrogens with one attached hydrogen (secondary N) is 1. The highest BCUT2D eigenvalue weighted by molar-refractivity contribution is 6.34. The van der Waals surface area contributed by atoms with Gasteiger partial charge < -0.3 is 15.0 Å². The lowest BCUT2D eigenvalue weighted by Gasteiger charge is -2.29. The summed E-state index contributed by atoms with van der Waals surface area (Å²) in [4.78, 5) is 42.2. The minimum absolute atomic E-state index is 0.233. The lowest BCUT2D eigenvalue weighted by Crippen LogP contribution is -2.38. The standard InChI is InChI=1S/C26H31N3O4/c1-3-33-21-10-8-20(9-11-21)29-25(31)22-12-7-19(15-23(22)26(29)32)24(30)27-16-18(2)17-28-13-5-4-6-14-28/h7-12,15,18H,3-6,13-14,16-17H2,1-2H3,(H,27,30). The number of anilines is 1. The van der Waals surface area contributed by atoms with Crippen molar-refractivity contribution in [1.29, 1.82) is 0 Å². The molecule has 0 aliphatic carbocycles. The molecule has 7 heteroatoms. The van der Waals surface area contributed by atoms with Crippen molar-refractivity contribution in [3.63, 3.8) is 0 Å². The Hall–Kier alpha value is -3.19. The van der Waals surface area contributed by atoms with E-state index in [9.17, 15) is 14.4 Å². The van der Waals surface area contributed by atoms with Gasteiger partial charge in [0.05, 0.1) is 23.4 Å². The van der Waals surface area contributed by atoms with E-state index in [-0.39, 0.29) is 17.4 Å². The van der Waals surface area contributed by atoms with Crippen molar-refractivity contribution in [3.05, 3.63) is 59.2 Å². The summed E-state index contributed by atoms with van der Waals surface area (Å²) in [7, 11) is 0. The van der Waals surface area contributed by atoms with Crippen molar-refractivity contribution in [2.24, 2.45) is 5.92 Å². The Morgan fingerprint density at radius 1 is 1.00 bits per heavy atom. The van der Waals surface area contributed by atoms with Crippen molar-refractivity contribution in [1.82, 2.24) is 10.2 Å². The molecule has 2 aromatic carbocycles. The van der Waals surface area contributed by atoms with Crippen molar-refractivity contribution in [2.45, 2.75) is 33.1 Å². The molecule has 0 bridgehead atoms. The fourth-order valence-corrected chi connectivity index (χ4v) is 4.49. The van der Waals surface area contributed by atoms with Gasteiger partial charge in [-0.3, -0.25) is 14.4 Å². The molecule has 7 nitrogen and oxygen atoms in total. The number of ether oxygens (including phenoxy) is 1. The molecule has 1 fully saturated rings. The van der Waals surface area contributed by atoms with E-state index in [4.69, 9.17) is 4.74 Å². The number of carbonyl (C=O) groups is 3. The average Bonchev–Trinajstić information content (AvgIpc) is 3.08. The Morgan fingerprint density at radius 2 is 1.70 bits per heavy atom. The summed E-state index contributed by atoms with van der Waals surface area (Å²) in [6.45, 7) is 8.35. The van der Waals surface area contributed by atoms with Gasteiger partial charge >= 0.3 is 0 Å². The Balaban J connectivity index is 1.41. The minimum atomic E-state index is -0.424. The van der Waals surface area contributed by atoms with Crippen LogP contribution >= 0.6 is 0 Å². The summed E-state index contributed by atoms with van der Waals surface area (Å²) in [5.74, 6) is -0.0391. The monoisotopic (exact) mass is 449 g/mol. The van der Waals surface area contributed by atoms with Crippen LogP contribution in [0.3, 0.4) is 0 Å². The fraction of sp³-hybridized carbons (Fsp3) is 0.423. The second-order valence-electron chi connectivity index (χ2n) is 8.81. The van der Waals surface area contributed by atoms with Gasteiger partial charge in [-0.05, 0) is 81.2 Å². The number of amides is 3. The number of fused-ring (bicyclic) bond motifs is 1. The number of carbonyl (C=O) groups excluding carboxylic acids is 3. The first kappa shape index (κ1) is 23.0. The number of piperidine rings is 1. The van der Waals surface area contributed by atoms with Gasteiger partial charge in [-0.1, -0.05) is 13.3 Å². The maximum absolute atomic E-state index is 13.0. The van der Waals surface area contributed by atoms with Crippen LogP contribution in [0.2, 0.25) is 0 Å². The largest absolute Gasteiger partial charge is 0.494 e. The van der Waals surface area contributed by atoms with Crippen LogP contribution in [0, 0.1) is 5.92 Å². The van der Waals surface area contributed by atoms with Crippen LogP contribution in [0.1, 0.15) is 64.2 Å². The summed E-state index contributed by atoms with van der Waals surface area (Å²) < 4.78 is 5.43. The Morgan fingerprint density at radius 3 is 2.39 bits per heavy atom. The highest BCUT2D eigenvalue weighted by Gasteiger charge is 2.37. The number of hydrogen-bond donors (Lipinski definition) is 1. The number of nitrogens with zero attached hydrogens (tertiary/aromatic N) is 2. The predicted octanol–water partition coefficient (Wildman–Crippen LogP) is 3.74. The van der Waals surface area contributed by atoms with Gasteiger partial charge in [0, 0.05) is 18.7 Å². The molecule has 0 radical (unpaired) electrons. The van der Waals surface area contributed by atoms with E-state index in [0.717, 1.165) is 24.5 Å². The van der Waals surface area contributed by atoms with Gasteiger partial charge in [-0.2, -0.15) is 0 Å². The molecule has 4 rings (SSSR count). The SMILES string of the molecule is CCOc1ccc(N2C(=O)c3ccc(C(=O)NCC(C)CN4CCCCC4)cc3C2=O)cc1. The molecule has 1 unspecified atom stereocenters. The molecule has 1 saturated heterocycles. The lowest BCUT2D eigenvalue weighted by molar-refractivity contribution is 0.0922. The highest BCUT2D eigenvalue weighted by Crippen LogP contribution is 2.30.